The van der Waals surface area contributed by atoms with Gasteiger partial charge in [0.1, 0.15) is 11.3 Å². The first-order valence-corrected chi connectivity index (χ1v) is 5.46. The SMILES string of the molecule is O=C(O)C12CC3C[C@@](F)(C1)C[C@](F)(C3)C2. The minimum atomic E-state index is -1.55. The molecule has 4 aliphatic rings. The van der Waals surface area contributed by atoms with Crippen LogP contribution in [0.1, 0.15) is 38.5 Å². The molecule has 0 aliphatic heterocycles. The second kappa shape index (κ2) is 2.36. The van der Waals surface area contributed by atoms with Crippen molar-refractivity contribution in [1.82, 2.24) is 0 Å². The first-order chi connectivity index (χ1) is 6.85. The van der Waals surface area contributed by atoms with Crippen molar-refractivity contribution < 1.29 is 18.7 Å². The Bertz CT molecular complexity index is 323. The van der Waals surface area contributed by atoms with E-state index in [0.29, 0.717) is 19.3 Å². The molecule has 2 unspecified atom stereocenters. The lowest BCUT2D eigenvalue weighted by atomic mass is 9.47. The number of alkyl halides is 2. The molecule has 4 fully saturated rings. The maximum atomic E-state index is 14.2. The summed E-state index contributed by atoms with van der Waals surface area (Å²) >= 11 is 0. The molecule has 84 valence electrons. The highest BCUT2D eigenvalue weighted by Gasteiger charge is 2.67. The monoisotopic (exact) mass is 216 g/mol. The largest absolute Gasteiger partial charge is 0.481 e. The molecular formula is C11H14F2O2. The third-order valence-electron chi connectivity index (χ3n) is 4.39. The molecule has 0 saturated heterocycles. The fourth-order valence-corrected chi connectivity index (χ4v) is 4.44. The molecule has 0 heterocycles. The van der Waals surface area contributed by atoms with E-state index in [-0.39, 0.29) is 25.2 Å². The van der Waals surface area contributed by atoms with E-state index in [1.165, 1.54) is 0 Å². The Balaban J connectivity index is 2.05. The van der Waals surface area contributed by atoms with Crippen molar-refractivity contribution in [1.29, 1.82) is 0 Å². The van der Waals surface area contributed by atoms with E-state index < -0.39 is 22.7 Å². The fraction of sp³-hybridized carbons (Fsp3) is 0.909. The maximum Gasteiger partial charge on any atom is 0.309 e. The lowest BCUT2D eigenvalue weighted by Crippen LogP contribution is -2.62. The lowest BCUT2D eigenvalue weighted by molar-refractivity contribution is -0.197. The molecule has 1 N–H and O–H groups in total. The van der Waals surface area contributed by atoms with Crippen LogP contribution < -0.4 is 0 Å². The normalized spacial score (nSPS) is 57.1. The topological polar surface area (TPSA) is 37.3 Å². The molecule has 4 heteroatoms. The molecular weight excluding hydrogens is 202 g/mol. The van der Waals surface area contributed by atoms with Crippen molar-refractivity contribution in [2.24, 2.45) is 11.3 Å². The van der Waals surface area contributed by atoms with Gasteiger partial charge in [-0.2, -0.15) is 0 Å². The summed E-state index contributed by atoms with van der Waals surface area (Å²) in [6, 6.07) is 0. The number of halogens is 2. The minimum Gasteiger partial charge on any atom is -0.481 e. The number of carboxylic acid groups (broad SMARTS) is 1. The summed E-state index contributed by atoms with van der Waals surface area (Å²) in [7, 11) is 0. The summed E-state index contributed by atoms with van der Waals surface area (Å²) in [6.07, 6.45) is 1.18. The zero-order valence-corrected chi connectivity index (χ0v) is 8.43. The van der Waals surface area contributed by atoms with Crippen LogP contribution in [0.15, 0.2) is 0 Å². The van der Waals surface area contributed by atoms with Gasteiger partial charge in [-0.15, -0.1) is 0 Å². The quantitative estimate of drug-likeness (QED) is 0.731. The van der Waals surface area contributed by atoms with Crippen LogP contribution in [0.3, 0.4) is 0 Å². The molecule has 4 saturated carbocycles. The summed E-state index contributed by atoms with van der Waals surface area (Å²) in [6.45, 7) is 0. The minimum absolute atomic E-state index is 0.0253. The average molecular weight is 216 g/mol. The zero-order valence-electron chi connectivity index (χ0n) is 8.43. The van der Waals surface area contributed by atoms with E-state index in [2.05, 4.69) is 0 Å². The predicted molar refractivity (Wildman–Crippen MR) is 48.9 cm³/mol. The summed E-state index contributed by atoms with van der Waals surface area (Å²) < 4.78 is 28.5. The van der Waals surface area contributed by atoms with E-state index >= 15 is 0 Å². The van der Waals surface area contributed by atoms with Gasteiger partial charge in [0.15, 0.2) is 0 Å². The van der Waals surface area contributed by atoms with Crippen molar-refractivity contribution in [2.75, 3.05) is 0 Å². The molecule has 2 nitrogen and oxygen atoms in total. The van der Waals surface area contributed by atoms with Crippen LogP contribution in [0.4, 0.5) is 8.78 Å². The van der Waals surface area contributed by atoms with Crippen molar-refractivity contribution >= 4 is 5.97 Å². The first kappa shape index (κ1) is 9.55. The van der Waals surface area contributed by atoms with Crippen LogP contribution in [0.2, 0.25) is 0 Å². The number of carboxylic acids is 1. The fourth-order valence-electron chi connectivity index (χ4n) is 4.44. The van der Waals surface area contributed by atoms with Crippen LogP contribution in [0.25, 0.3) is 0 Å². The van der Waals surface area contributed by atoms with Gasteiger partial charge in [0, 0.05) is 6.42 Å². The van der Waals surface area contributed by atoms with Gasteiger partial charge in [-0.3, -0.25) is 4.79 Å². The third-order valence-corrected chi connectivity index (χ3v) is 4.39. The summed E-state index contributed by atoms with van der Waals surface area (Å²) in [5.41, 5.74) is -4.21. The number of rotatable bonds is 1. The highest BCUT2D eigenvalue weighted by atomic mass is 19.2. The third kappa shape index (κ3) is 1.16. The standard InChI is InChI=1S/C11H14F2O2/c12-10-2-7-1-9(4-10,8(14)15)5-11(13,3-7)6-10/h7H,1-6H2,(H,14,15)/t7?,9?,10-,11+. The van der Waals surface area contributed by atoms with Crippen molar-refractivity contribution in [3.8, 4) is 0 Å². The Morgan fingerprint density at radius 3 is 2.00 bits per heavy atom. The summed E-state index contributed by atoms with van der Waals surface area (Å²) in [5.74, 6) is -1.07. The number of carbonyl (C=O) groups is 1. The second-order valence-corrected chi connectivity index (χ2v) is 5.90. The van der Waals surface area contributed by atoms with Gasteiger partial charge < -0.3 is 5.11 Å². The van der Waals surface area contributed by atoms with Crippen molar-refractivity contribution in [2.45, 2.75) is 49.9 Å². The van der Waals surface area contributed by atoms with E-state index in [1.807, 2.05) is 0 Å². The molecule has 0 aromatic heterocycles. The number of hydrogen-bond donors (Lipinski definition) is 1. The van der Waals surface area contributed by atoms with E-state index in [1.54, 1.807) is 0 Å². The van der Waals surface area contributed by atoms with E-state index in [0.717, 1.165) is 0 Å². The molecule has 4 rings (SSSR count). The van der Waals surface area contributed by atoms with Crippen molar-refractivity contribution in [3.05, 3.63) is 0 Å². The van der Waals surface area contributed by atoms with Gasteiger partial charge in [0.2, 0.25) is 0 Å². The van der Waals surface area contributed by atoms with Crippen LogP contribution in [0, 0.1) is 11.3 Å². The average Bonchev–Trinajstić information content (AvgIpc) is 1.95. The van der Waals surface area contributed by atoms with Gasteiger partial charge in [-0.25, -0.2) is 8.78 Å². The Hall–Kier alpha value is -0.670. The van der Waals surface area contributed by atoms with Crippen LogP contribution in [-0.4, -0.2) is 22.4 Å². The summed E-state index contributed by atoms with van der Waals surface area (Å²) in [4.78, 5) is 11.2. The van der Waals surface area contributed by atoms with Crippen LogP contribution in [0.5, 0.6) is 0 Å². The van der Waals surface area contributed by atoms with Crippen LogP contribution >= 0.6 is 0 Å². The molecule has 4 aliphatic carbocycles. The molecule has 0 amide bonds. The van der Waals surface area contributed by atoms with Gasteiger partial charge in [0.25, 0.3) is 0 Å². The highest BCUT2D eigenvalue weighted by molar-refractivity contribution is 5.76. The molecule has 15 heavy (non-hydrogen) atoms. The molecule has 4 bridgehead atoms. The Kier molecular flexibility index (Phi) is 1.50. The summed E-state index contributed by atoms with van der Waals surface area (Å²) in [5, 5.41) is 9.17. The van der Waals surface area contributed by atoms with Gasteiger partial charge in [-0.05, 0) is 38.0 Å². The molecule has 4 atom stereocenters. The van der Waals surface area contributed by atoms with Gasteiger partial charge in [0.05, 0.1) is 5.41 Å². The molecule has 0 spiro atoms. The Labute approximate surface area is 86.7 Å². The zero-order chi connectivity index (χ0) is 10.9. The predicted octanol–water partition coefficient (Wildman–Crippen LogP) is 2.47. The number of aliphatic carboxylic acids is 1. The maximum absolute atomic E-state index is 14.2. The van der Waals surface area contributed by atoms with Crippen molar-refractivity contribution in [3.63, 3.8) is 0 Å². The van der Waals surface area contributed by atoms with Crippen LogP contribution in [-0.2, 0) is 4.79 Å². The second-order valence-electron chi connectivity index (χ2n) is 5.90. The van der Waals surface area contributed by atoms with E-state index in [9.17, 15) is 18.7 Å². The lowest BCUT2D eigenvalue weighted by Gasteiger charge is -2.59. The molecule has 0 aromatic carbocycles. The molecule has 0 aromatic rings. The Morgan fingerprint density at radius 2 is 1.60 bits per heavy atom. The number of hydrogen-bond acceptors (Lipinski definition) is 1. The highest BCUT2D eigenvalue weighted by Crippen LogP contribution is 2.65. The van der Waals surface area contributed by atoms with Gasteiger partial charge >= 0.3 is 5.97 Å². The smallest absolute Gasteiger partial charge is 0.309 e. The first-order valence-electron chi connectivity index (χ1n) is 5.46. The molecule has 0 radical (unpaired) electrons. The Morgan fingerprint density at radius 1 is 1.07 bits per heavy atom. The van der Waals surface area contributed by atoms with Gasteiger partial charge in [-0.1, -0.05) is 0 Å². The van der Waals surface area contributed by atoms with E-state index in [4.69, 9.17) is 0 Å².